The van der Waals surface area contributed by atoms with E-state index in [-0.39, 0.29) is 29.5 Å². The van der Waals surface area contributed by atoms with E-state index in [1.54, 1.807) is 24.4 Å². The predicted octanol–water partition coefficient (Wildman–Crippen LogP) is 6.41. The molecule has 2 unspecified atom stereocenters. The lowest BCUT2D eigenvalue weighted by Gasteiger charge is -2.23. The molecule has 6 nitrogen and oxygen atoms in total. The standard InChI is InChI=1S/C29H34FN3O3/c1-17-7-5-10-23(30)26(17)20-13-21-16-32-25(31)15-22(21)24(14-20)33-27(34)18-8-6-9-19(12-11-18)28(35)36-29(2,3)4/h5,7,10,13-16,18-19H,6,8-9,11-12H2,1-4H3,(H2,31,32)(H,33,34). The van der Waals surface area contributed by atoms with Crippen LogP contribution in [0.1, 0.15) is 58.4 Å². The van der Waals surface area contributed by atoms with Gasteiger partial charge in [0.2, 0.25) is 5.91 Å². The predicted molar refractivity (Wildman–Crippen MR) is 141 cm³/mol. The van der Waals surface area contributed by atoms with Crippen molar-refractivity contribution in [3.63, 3.8) is 0 Å². The van der Waals surface area contributed by atoms with Crippen molar-refractivity contribution < 1.29 is 18.7 Å². The number of hydrogen-bond acceptors (Lipinski definition) is 5. The Hall–Kier alpha value is -3.48. The fraction of sp³-hybridized carbons (Fsp3) is 0.414. The van der Waals surface area contributed by atoms with Crippen molar-refractivity contribution in [1.29, 1.82) is 0 Å². The highest BCUT2D eigenvalue weighted by Gasteiger charge is 2.30. The van der Waals surface area contributed by atoms with Crippen molar-refractivity contribution >= 4 is 34.2 Å². The van der Waals surface area contributed by atoms with Gasteiger partial charge in [-0.2, -0.15) is 0 Å². The van der Waals surface area contributed by atoms with Gasteiger partial charge in [-0.1, -0.05) is 18.6 Å². The Labute approximate surface area is 211 Å². The number of benzene rings is 2. The molecule has 0 aliphatic heterocycles. The molecule has 1 heterocycles. The number of aromatic nitrogens is 1. The number of pyridine rings is 1. The average Bonchev–Trinajstić information content (AvgIpc) is 3.05. The van der Waals surface area contributed by atoms with Gasteiger partial charge in [0.05, 0.1) is 5.92 Å². The van der Waals surface area contributed by atoms with Crippen LogP contribution in [0, 0.1) is 24.6 Å². The molecule has 3 aromatic rings. The average molecular weight is 492 g/mol. The number of fused-ring (bicyclic) bond motifs is 1. The van der Waals surface area contributed by atoms with Gasteiger partial charge in [-0.25, -0.2) is 9.37 Å². The Bertz CT molecular complexity index is 1280. The van der Waals surface area contributed by atoms with Gasteiger partial charge in [0.15, 0.2) is 0 Å². The van der Waals surface area contributed by atoms with Gasteiger partial charge in [0.25, 0.3) is 0 Å². The quantitative estimate of drug-likeness (QED) is 0.325. The summed E-state index contributed by atoms with van der Waals surface area (Å²) in [6.07, 6.45) is 5.03. The van der Waals surface area contributed by atoms with Crippen LogP contribution in [0.3, 0.4) is 0 Å². The van der Waals surface area contributed by atoms with Gasteiger partial charge < -0.3 is 15.8 Å². The maximum absolute atomic E-state index is 14.8. The summed E-state index contributed by atoms with van der Waals surface area (Å²) < 4.78 is 20.3. The summed E-state index contributed by atoms with van der Waals surface area (Å²) in [5.41, 5.74) is 7.93. The number of anilines is 2. The molecule has 4 rings (SSSR count). The van der Waals surface area contributed by atoms with Crippen LogP contribution in [-0.4, -0.2) is 22.5 Å². The van der Waals surface area contributed by atoms with Crippen molar-refractivity contribution in [2.75, 3.05) is 11.1 Å². The van der Waals surface area contributed by atoms with E-state index in [1.165, 1.54) is 6.07 Å². The fourth-order valence-corrected chi connectivity index (χ4v) is 4.94. The molecule has 36 heavy (non-hydrogen) atoms. The van der Waals surface area contributed by atoms with Crippen molar-refractivity contribution in [2.24, 2.45) is 11.8 Å². The second kappa shape index (κ2) is 10.2. The number of ether oxygens (including phenoxy) is 1. The summed E-state index contributed by atoms with van der Waals surface area (Å²) in [4.78, 5) is 30.1. The summed E-state index contributed by atoms with van der Waals surface area (Å²) in [6, 6.07) is 10.3. The molecule has 0 bridgehead atoms. The largest absolute Gasteiger partial charge is 0.460 e. The molecule has 3 N–H and O–H groups in total. The van der Waals surface area contributed by atoms with Crippen LogP contribution in [-0.2, 0) is 14.3 Å². The summed E-state index contributed by atoms with van der Waals surface area (Å²) >= 11 is 0. The second-order valence-corrected chi connectivity index (χ2v) is 10.7. The SMILES string of the molecule is Cc1cccc(F)c1-c1cc(NC(=O)C2CCCC(C(=O)OC(C)(C)C)CC2)c2cc(N)ncc2c1. The number of esters is 1. The van der Waals surface area contributed by atoms with Gasteiger partial charge in [0, 0.05) is 34.1 Å². The van der Waals surface area contributed by atoms with Gasteiger partial charge in [-0.15, -0.1) is 0 Å². The van der Waals surface area contributed by atoms with E-state index in [0.29, 0.717) is 48.3 Å². The molecule has 2 atom stereocenters. The second-order valence-electron chi connectivity index (χ2n) is 10.7. The molecular formula is C29H34FN3O3. The van der Waals surface area contributed by atoms with E-state index in [2.05, 4.69) is 10.3 Å². The van der Waals surface area contributed by atoms with Crippen LogP contribution in [0.2, 0.25) is 0 Å². The molecule has 0 spiro atoms. The molecule has 0 saturated heterocycles. The first-order valence-electron chi connectivity index (χ1n) is 12.5. The number of carbonyl (C=O) groups excluding carboxylic acids is 2. The fourth-order valence-electron chi connectivity index (χ4n) is 4.94. The zero-order chi connectivity index (χ0) is 26.0. The number of halogens is 1. The smallest absolute Gasteiger partial charge is 0.309 e. The monoisotopic (exact) mass is 491 g/mol. The van der Waals surface area contributed by atoms with E-state index < -0.39 is 5.60 Å². The number of nitrogens with zero attached hydrogens (tertiary/aromatic N) is 1. The molecule has 1 amide bonds. The van der Waals surface area contributed by atoms with E-state index in [0.717, 1.165) is 22.8 Å². The van der Waals surface area contributed by atoms with Gasteiger partial charge in [0.1, 0.15) is 17.2 Å². The zero-order valence-corrected chi connectivity index (χ0v) is 21.4. The molecule has 1 fully saturated rings. The minimum absolute atomic E-state index is 0.112. The topological polar surface area (TPSA) is 94.3 Å². The molecule has 0 radical (unpaired) electrons. The summed E-state index contributed by atoms with van der Waals surface area (Å²) in [5, 5.41) is 4.58. The Kier molecular flexibility index (Phi) is 7.29. The number of hydrogen-bond donors (Lipinski definition) is 2. The molecule has 1 aliphatic carbocycles. The Morgan fingerprint density at radius 2 is 1.81 bits per heavy atom. The number of amides is 1. The first kappa shape index (κ1) is 25.6. The van der Waals surface area contributed by atoms with Crippen LogP contribution in [0.4, 0.5) is 15.9 Å². The number of nitrogens with one attached hydrogen (secondary N) is 1. The zero-order valence-electron chi connectivity index (χ0n) is 21.4. The number of rotatable bonds is 4. The van der Waals surface area contributed by atoms with E-state index >= 15 is 0 Å². The lowest BCUT2D eigenvalue weighted by atomic mass is 9.95. The highest BCUT2D eigenvalue weighted by molar-refractivity contribution is 6.05. The highest BCUT2D eigenvalue weighted by atomic mass is 19.1. The molecule has 1 saturated carbocycles. The van der Waals surface area contributed by atoms with Gasteiger partial charge >= 0.3 is 5.97 Å². The minimum Gasteiger partial charge on any atom is -0.460 e. The van der Waals surface area contributed by atoms with Crippen molar-refractivity contribution in [2.45, 2.75) is 65.4 Å². The summed E-state index contributed by atoms with van der Waals surface area (Å²) in [5.74, 6) is -0.717. The number of aryl methyl sites for hydroxylation is 1. The van der Waals surface area contributed by atoms with Crippen LogP contribution in [0.5, 0.6) is 0 Å². The highest BCUT2D eigenvalue weighted by Crippen LogP contribution is 2.36. The normalized spacial score (nSPS) is 18.5. The van der Waals surface area contributed by atoms with Gasteiger partial charge in [-0.3, -0.25) is 9.59 Å². The summed E-state index contributed by atoms with van der Waals surface area (Å²) in [6.45, 7) is 7.44. The third kappa shape index (κ3) is 5.83. The van der Waals surface area contributed by atoms with E-state index in [4.69, 9.17) is 10.5 Å². The van der Waals surface area contributed by atoms with Crippen molar-refractivity contribution in [3.05, 3.63) is 54.0 Å². The van der Waals surface area contributed by atoms with Crippen molar-refractivity contribution in [3.8, 4) is 11.1 Å². The van der Waals surface area contributed by atoms with Gasteiger partial charge in [-0.05, 0) is 88.8 Å². The Morgan fingerprint density at radius 3 is 2.53 bits per heavy atom. The Balaban J connectivity index is 1.59. The van der Waals surface area contributed by atoms with E-state index in [1.807, 2.05) is 39.8 Å². The first-order valence-corrected chi connectivity index (χ1v) is 12.5. The van der Waals surface area contributed by atoms with Crippen molar-refractivity contribution in [1.82, 2.24) is 4.98 Å². The van der Waals surface area contributed by atoms with Crippen LogP contribution in [0.25, 0.3) is 21.9 Å². The third-order valence-electron chi connectivity index (χ3n) is 6.71. The lowest BCUT2D eigenvalue weighted by Crippen LogP contribution is -2.28. The maximum Gasteiger partial charge on any atom is 0.309 e. The van der Waals surface area contributed by atoms with Crippen LogP contribution < -0.4 is 11.1 Å². The maximum atomic E-state index is 14.8. The molecule has 190 valence electrons. The molecule has 2 aromatic carbocycles. The van der Waals surface area contributed by atoms with Crippen LogP contribution in [0.15, 0.2) is 42.6 Å². The molecule has 1 aromatic heterocycles. The minimum atomic E-state index is -0.528. The molecular weight excluding hydrogens is 457 g/mol. The number of nitrogen functional groups attached to an aromatic ring is 1. The Morgan fingerprint density at radius 1 is 1.08 bits per heavy atom. The third-order valence-corrected chi connectivity index (χ3v) is 6.71. The lowest BCUT2D eigenvalue weighted by molar-refractivity contribution is -0.160. The number of carbonyl (C=O) groups is 2. The summed E-state index contributed by atoms with van der Waals surface area (Å²) in [7, 11) is 0. The van der Waals surface area contributed by atoms with Crippen LogP contribution >= 0.6 is 0 Å². The molecule has 1 aliphatic rings. The molecule has 7 heteroatoms. The first-order chi connectivity index (χ1) is 17.0. The number of nitrogens with two attached hydrogens (primary N) is 1. The van der Waals surface area contributed by atoms with E-state index in [9.17, 15) is 14.0 Å².